The fourth-order valence-corrected chi connectivity index (χ4v) is 3.20. The van der Waals surface area contributed by atoms with Crippen molar-refractivity contribution in [1.82, 2.24) is 20.1 Å². The van der Waals surface area contributed by atoms with Crippen molar-refractivity contribution in [2.24, 2.45) is 5.92 Å². The maximum absolute atomic E-state index is 9.38. The van der Waals surface area contributed by atoms with Crippen molar-refractivity contribution >= 4 is 0 Å². The number of nitrogens with zero attached hydrogens (tertiary/aromatic N) is 3. The molecule has 2 aliphatic heterocycles. The minimum absolute atomic E-state index is 0.198. The van der Waals surface area contributed by atoms with Crippen molar-refractivity contribution in [2.75, 3.05) is 19.7 Å². The summed E-state index contributed by atoms with van der Waals surface area (Å²) >= 11 is 0. The minimum atomic E-state index is 0.198. The van der Waals surface area contributed by atoms with Gasteiger partial charge in [-0.05, 0) is 44.7 Å². The lowest BCUT2D eigenvalue weighted by molar-refractivity contribution is 0.236. The van der Waals surface area contributed by atoms with Gasteiger partial charge in [0.2, 0.25) is 0 Å². The van der Waals surface area contributed by atoms with E-state index in [0.717, 1.165) is 50.5 Å². The second kappa shape index (κ2) is 5.36. The summed E-state index contributed by atoms with van der Waals surface area (Å²) in [5.74, 6) is 3.02. The summed E-state index contributed by atoms with van der Waals surface area (Å²) in [5.41, 5.74) is 0. The molecular formula is C13H22N4O. The van der Waals surface area contributed by atoms with Crippen LogP contribution in [-0.4, -0.2) is 39.6 Å². The van der Waals surface area contributed by atoms with Crippen LogP contribution in [0.4, 0.5) is 0 Å². The molecule has 0 radical (unpaired) electrons. The lowest BCUT2D eigenvalue weighted by atomic mass is 9.95. The molecule has 18 heavy (non-hydrogen) atoms. The first-order valence-electron chi connectivity index (χ1n) is 7.12. The third-order valence-electron chi connectivity index (χ3n) is 4.25. The summed E-state index contributed by atoms with van der Waals surface area (Å²) in [6.45, 7) is 3.48. The number of piperidine rings is 1. The smallest absolute Gasteiger partial charge is 0.138 e. The third kappa shape index (κ3) is 2.29. The Morgan fingerprint density at radius 1 is 1.28 bits per heavy atom. The summed E-state index contributed by atoms with van der Waals surface area (Å²) in [6, 6.07) is 0. The van der Waals surface area contributed by atoms with Gasteiger partial charge in [0.05, 0.1) is 6.61 Å². The molecule has 5 nitrogen and oxygen atoms in total. The number of aliphatic hydroxyl groups is 1. The fourth-order valence-electron chi connectivity index (χ4n) is 3.20. The molecule has 3 heterocycles. The first-order chi connectivity index (χ1) is 8.88. The van der Waals surface area contributed by atoms with Gasteiger partial charge in [0.1, 0.15) is 11.6 Å². The van der Waals surface area contributed by atoms with Crippen molar-refractivity contribution in [3.63, 3.8) is 0 Å². The molecule has 100 valence electrons. The van der Waals surface area contributed by atoms with Crippen molar-refractivity contribution in [3.05, 3.63) is 11.6 Å². The van der Waals surface area contributed by atoms with Gasteiger partial charge in [-0.2, -0.15) is 0 Å². The highest BCUT2D eigenvalue weighted by atomic mass is 16.3. The number of aliphatic hydroxyl groups excluding tert-OH is 1. The van der Waals surface area contributed by atoms with E-state index < -0.39 is 0 Å². The topological polar surface area (TPSA) is 63.0 Å². The third-order valence-corrected chi connectivity index (χ3v) is 4.25. The summed E-state index contributed by atoms with van der Waals surface area (Å²) in [7, 11) is 0. The van der Waals surface area contributed by atoms with Gasteiger partial charge in [0.25, 0.3) is 0 Å². The van der Waals surface area contributed by atoms with Crippen LogP contribution in [0.3, 0.4) is 0 Å². The molecule has 2 aliphatic rings. The van der Waals surface area contributed by atoms with Gasteiger partial charge < -0.3 is 15.0 Å². The molecule has 1 fully saturated rings. The van der Waals surface area contributed by atoms with E-state index in [9.17, 15) is 5.11 Å². The second-order valence-corrected chi connectivity index (χ2v) is 5.56. The standard InChI is InChI=1S/C13H22N4O/c18-9-11-4-2-6-17-12(15-16-13(11)17)7-10-3-1-5-14-8-10/h10-11,14,18H,1-9H2. The fraction of sp³-hybridized carbons (Fsp3) is 0.846. The van der Waals surface area contributed by atoms with Crippen LogP contribution in [0.1, 0.15) is 43.3 Å². The van der Waals surface area contributed by atoms with Gasteiger partial charge in [-0.3, -0.25) is 0 Å². The molecule has 2 atom stereocenters. The van der Waals surface area contributed by atoms with Crippen molar-refractivity contribution in [2.45, 2.75) is 44.6 Å². The normalized spacial score (nSPS) is 28.1. The Morgan fingerprint density at radius 3 is 3.00 bits per heavy atom. The van der Waals surface area contributed by atoms with Gasteiger partial charge in [0, 0.05) is 18.9 Å². The van der Waals surface area contributed by atoms with E-state index in [-0.39, 0.29) is 12.5 Å². The van der Waals surface area contributed by atoms with E-state index in [1.165, 1.54) is 12.8 Å². The lowest BCUT2D eigenvalue weighted by Crippen LogP contribution is -2.31. The number of aromatic nitrogens is 3. The van der Waals surface area contributed by atoms with Crippen LogP contribution in [0.15, 0.2) is 0 Å². The summed E-state index contributed by atoms with van der Waals surface area (Å²) < 4.78 is 2.25. The molecule has 1 saturated heterocycles. The monoisotopic (exact) mass is 250 g/mol. The minimum Gasteiger partial charge on any atom is -0.396 e. The molecule has 0 bridgehead atoms. The van der Waals surface area contributed by atoms with Crippen LogP contribution in [0.2, 0.25) is 0 Å². The Bertz CT molecular complexity index is 398. The van der Waals surface area contributed by atoms with Crippen LogP contribution < -0.4 is 5.32 Å². The first-order valence-corrected chi connectivity index (χ1v) is 7.12. The molecular weight excluding hydrogens is 228 g/mol. The average molecular weight is 250 g/mol. The molecule has 0 spiro atoms. The summed E-state index contributed by atoms with van der Waals surface area (Å²) in [4.78, 5) is 0. The van der Waals surface area contributed by atoms with E-state index >= 15 is 0 Å². The molecule has 1 aromatic rings. The van der Waals surface area contributed by atoms with Crippen LogP contribution >= 0.6 is 0 Å². The van der Waals surface area contributed by atoms with E-state index in [2.05, 4.69) is 20.1 Å². The number of fused-ring (bicyclic) bond motifs is 1. The SMILES string of the molecule is OCC1CCCn2c(CC3CCCNC3)nnc21. The molecule has 2 unspecified atom stereocenters. The second-order valence-electron chi connectivity index (χ2n) is 5.56. The van der Waals surface area contributed by atoms with Gasteiger partial charge in [-0.1, -0.05) is 0 Å². The maximum Gasteiger partial charge on any atom is 0.138 e. The van der Waals surface area contributed by atoms with Gasteiger partial charge in [-0.15, -0.1) is 10.2 Å². The molecule has 2 N–H and O–H groups in total. The number of nitrogens with one attached hydrogen (secondary N) is 1. The molecule has 0 saturated carbocycles. The van der Waals surface area contributed by atoms with E-state index in [1.54, 1.807) is 0 Å². The summed E-state index contributed by atoms with van der Waals surface area (Å²) in [6.07, 6.45) is 5.76. The van der Waals surface area contributed by atoms with Gasteiger partial charge in [0.15, 0.2) is 0 Å². The van der Waals surface area contributed by atoms with Crippen molar-refractivity contribution in [1.29, 1.82) is 0 Å². The molecule has 0 amide bonds. The number of hydrogen-bond acceptors (Lipinski definition) is 4. The molecule has 3 rings (SSSR count). The highest BCUT2D eigenvalue weighted by Gasteiger charge is 2.26. The molecule has 5 heteroatoms. The zero-order chi connectivity index (χ0) is 12.4. The zero-order valence-corrected chi connectivity index (χ0v) is 10.8. The van der Waals surface area contributed by atoms with Gasteiger partial charge >= 0.3 is 0 Å². The van der Waals surface area contributed by atoms with Crippen molar-refractivity contribution in [3.8, 4) is 0 Å². The first kappa shape index (κ1) is 12.1. The Kier molecular flexibility index (Phi) is 3.61. The summed E-state index contributed by atoms with van der Waals surface area (Å²) in [5, 5.41) is 21.5. The average Bonchev–Trinajstić information content (AvgIpc) is 2.83. The molecule has 0 aliphatic carbocycles. The predicted molar refractivity (Wildman–Crippen MR) is 68.4 cm³/mol. The Hall–Kier alpha value is -0.940. The molecule has 1 aromatic heterocycles. The Balaban J connectivity index is 1.74. The Labute approximate surface area is 108 Å². The van der Waals surface area contributed by atoms with E-state index in [4.69, 9.17) is 0 Å². The van der Waals surface area contributed by atoms with Crippen LogP contribution in [-0.2, 0) is 13.0 Å². The predicted octanol–water partition coefficient (Wildman–Crippen LogP) is 0.690. The van der Waals surface area contributed by atoms with E-state index in [1.807, 2.05) is 0 Å². The lowest BCUT2D eigenvalue weighted by Gasteiger charge is -2.25. The van der Waals surface area contributed by atoms with Crippen molar-refractivity contribution < 1.29 is 5.11 Å². The van der Waals surface area contributed by atoms with Crippen LogP contribution in [0, 0.1) is 5.92 Å². The number of hydrogen-bond donors (Lipinski definition) is 2. The van der Waals surface area contributed by atoms with Crippen LogP contribution in [0.25, 0.3) is 0 Å². The quantitative estimate of drug-likeness (QED) is 0.828. The molecule has 0 aromatic carbocycles. The van der Waals surface area contributed by atoms with E-state index in [0.29, 0.717) is 5.92 Å². The largest absolute Gasteiger partial charge is 0.396 e. The van der Waals surface area contributed by atoms with Gasteiger partial charge in [-0.25, -0.2) is 0 Å². The highest BCUT2D eigenvalue weighted by molar-refractivity contribution is 5.06. The van der Waals surface area contributed by atoms with Crippen LogP contribution in [0.5, 0.6) is 0 Å². The Morgan fingerprint density at radius 2 is 2.22 bits per heavy atom. The maximum atomic E-state index is 9.38. The zero-order valence-electron chi connectivity index (χ0n) is 10.8. The highest BCUT2D eigenvalue weighted by Crippen LogP contribution is 2.27. The number of rotatable bonds is 3.